The fourth-order valence-corrected chi connectivity index (χ4v) is 2.23. The molecular formula is C10H9N3O4. The Kier molecular flexibility index (Phi) is 1.94. The Morgan fingerprint density at radius 2 is 2.06 bits per heavy atom. The van der Waals surface area contributed by atoms with Gasteiger partial charge in [0, 0.05) is 10.5 Å². The molecule has 1 aromatic carbocycles. The SMILES string of the molecule is O=C1NC2Oc3ccccc3C(N1)C2[N+](=O)[O-]. The molecule has 2 amide bonds. The average Bonchev–Trinajstić information content (AvgIpc) is 2.27. The predicted molar refractivity (Wildman–Crippen MR) is 56.0 cm³/mol. The van der Waals surface area contributed by atoms with Crippen molar-refractivity contribution in [2.24, 2.45) is 0 Å². The van der Waals surface area contributed by atoms with Gasteiger partial charge < -0.3 is 10.1 Å². The molecule has 3 rings (SSSR count). The normalized spacial score (nSPS) is 29.4. The van der Waals surface area contributed by atoms with E-state index in [1.54, 1.807) is 24.3 Å². The van der Waals surface area contributed by atoms with E-state index in [2.05, 4.69) is 10.6 Å². The standard InChI is InChI=1S/C10H9N3O4/c14-10-11-7-5-3-1-2-4-6(5)17-9(12-10)8(7)13(15)16/h1-4,7-9H,(H2,11,12,14). The van der Waals surface area contributed by atoms with Crippen LogP contribution in [0.3, 0.4) is 0 Å². The van der Waals surface area contributed by atoms with E-state index in [9.17, 15) is 14.9 Å². The number of carbonyl (C=O) groups excluding carboxylic acids is 1. The molecule has 2 bridgehead atoms. The zero-order chi connectivity index (χ0) is 12.0. The molecule has 3 unspecified atom stereocenters. The molecule has 17 heavy (non-hydrogen) atoms. The van der Waals surface area contributed by atoms with Crippen molar-refractivity contribution in [2.75, 3.05) is 0 Å². The fraction of sp³-hybridized carbons (Fsp3) is 0.300. The molecular weight excluding hydrogens is 226 g/mol. The van der Waals surface area contributed by atoms with E-state index in [4.69, 9.17) is 4.74 Å². The number of fused-ring (bicyclic) bond motifs is 4. The summed E-state index contributed by atoms with van der Waals surface area (Å²) in [6.45, 7) is 0. The van der Waals surface area contributed by atoms with Gasteiger partial charge in [-0.2, -0.15) is 0 Å². The number of nitro groups is 1. The summed E-state index contributed by atoms with van der Waals surface area (Å²) in [5.41, 5.74) is 0.639. The molecule has 7 nitrogen and oxygen atoms in total. The Labute approximate surface area is 95.9 Å². The lowest BCUT2D eigenvalue weighted by Crippen LogP contribution is -2.65. The molecule has 1 aromatic rings. The van der Waals surface area contributed by atoms with Gasteiger partial charge in [-0.05, 0) is 6.07 Å². The second kappa shape index (κ2) is 3.34. The van der Waals surface area contributed by atoms with Crippen LogP contribution >= 0.6 is 0 Å². The quantitative estimate of drug-likeness (QED) is 0.544. The van der Waals surface area contributed by atoms with Crippen molar-refractivity contribution >= 4 is 6.03 Å². The smallest absolute Gasteiger partial charge is 0.318 e. The lowest BCUT2D eigenvalue weighted by Gasteiger charge is -2.38. The molecule has 2 N–H and O–H groups in total. The Morgan fingerprint density at radius 1 is 1.29 bits per heavy atom. The Balaban J connectivity index is 2.10. The van der Waals surface area contributed by atoms with Gasteiger partial charge >= 0.3 is 6.03 Å². The number of benzene rings is 1. The summed E-state index contributed by atoms with van der Waals surface area (Å²) in [5, 5.41) is 16.0. The first-order valence-electron chi connectivity index (χ1n) is 5.13. The number of urea groups is 1. The Morgan fingerprint density at radius 3 is 2.82 bits per heavy atom. The van der Waals surface area contributed by atoms with Crippen LogP contribution in [0.15, 0.2) is 24.3 Å². The van der Waals surface area contributed by atoms with Gasteiger partial charge in [0.25, 0.3) is 6.04 Å². The van der Waals surface area contributed by atoms with Gasteiger partial charge in [-0.1, -0.05) is 18.2 Å². The zero-order valence-corrected chi connectivity index (χ0v) is 8.62. The number of rotatable bonds is 1. The number of ether oxygens (including phenoxy) is 1. The minimum Gasteiger partial charge on any atom is -0.463 e. The number of hydrogen-bond acceptors (Lipinski definition) is 4. The fourth-order valence-electron chi connectivity index (χ4n) is 2.23. The minimum atomic E-state index is -1.01. The highest BCUT2D eigenvalue weighted by atomic mass is 16.6. The molecule has 3 atom stereocenters. The summed E-state index contributed by atoms with van der Waals surface area (Å²) >= 11 is 0. The van der Waals surface area contributed by atoms with Crippen molar-refractivity contribution in [3.63, 3.8) is 0 Å². The topological polar surface area (TPSA) is 93.5 Å². The summed E-state index contributed by atoms with van der Waals surface area (Å²) in [5.74, 6) is 0.563. The first-order chi connectivity index (χ1) is 8.16. The molecule has 7 heteroatoms. The lowest BCUT2D eigenvalue weighted by atomic mass is 9.93. The van der Waals surface area contributed by atoms with E-state index >= 15 is 0 Å². The number of carbonyl (C=O) groups is 1. The lowest BCUT2D eigenvalue weighted by molar-refractivity contribution is -0.542. The molecule has 1 fully saturated rings. The molecule has 0 aliphatic carbocycles. The summed E-state index contributed by atoms with van der Waals surface area (Å²) in [7, 11) is 0. The maximum atomic E-state index is 11.3. The van der Waals surface area contributed by atoms with Crippen LogP contribution in [0.2, 0.25) is 0 Å². The van der Waals surface area contributed by atoms with Gasteiger partial charge in [-0.15, -0.1) is 0 Å². The number of amides is 2. The van der Waals surface area contributed by atoms with Crippen molar-refractivity contribution < 1.29 is 14.5 Å². The third-order valence-electron chi connectivity index (χ3n) is 2.96. The predicted octanol–water partition coefficient (Wildman–Crippen LogP) is 0.404. The molecule has 2 heterocycles. The second-order valence-electron chi connectivity index (χ2n) is 3.95. The number of hydrogen-bond donors (Lipinski definition) is 2. The van der Waals surface area contributed by atoms with E-state index in [0.29, 0.717) is 11.3 Å². The summed E-state index contributed by atoms with van der Waals surface area (Å²) < 4.78 is 5.43. The Hall–Kier alpha value is -2.31. The van der Waals surface area contributed by atoms with E-state index in [-0.39, 0.29) is 0 Å². The number of para-hydroxylation sites is 1. The summed E-state index contributed by atoms with van der Waals surface area (Å²) in [6, 6.07) is 4.88. The summed E-state index contributed by atoms with van der Waals surface area (Å²) in [6.07, 6.45) is -0.918. The first-order valence-corrected chi connectivity index (χ1v) is 5.13. The maximum absolute atomic E-state index is 11.3. The van der Waals surface area contributed by atoms with Gasteiger partial charge in [0.15, 0.2) is 0 Å². The van der Waals surface area contributed by atoms with Crippen molar-refractivity contribution in [3.8, 4) is 5.75 Å². The van der Waals surface area contributed by atoms with Crippen LogP contribution in [-0.4, -0.2) is 23.2 Å². The van der Waals surface area contributed by atoms with Gasteiger partial charge in [0.05, 0.1) is 0 Å². The largest absolute Gasteiger partial charge is 0.463 e. The highest BCUT2D eigenvalue weighted by molar-refractivity contribution is 5.76. The Bertz CT molecular complexity index is 504. The third-order valence-corrected chi connectivity index (χ3v) is 2.96. The molecule has 2 aliphatic rings. The zero-order valence-electron chi connectivity index (χ0n) is 8.62. The molecule has 1 saturated heterocycles. The first kappa shape index (κ1) is 9.88. The third kappa shape index (κ3) is 1.39. The molecule has 0 spiro atoms. The second-order valence-corrected chi connectivity index (χ2v) is 3.95. The molecule has 0 aromatic heterocycles. The van der Waals surface area contributed by atoms with E-state index < -0.39 is 29.3 Å². The average molecular weight is 235 g/mol. The molecule has 0 radical (unpaired) electrons. The van der Waals surface area contributed by atoms with Gasteiger partial charge in [-0.3, -0.25) is 15.4 Å². The van der Waals surface area contributed by atoms with Crippen molar-refractivity contribution in [3.05, 3.63) is 39.9 Å². The van der Waals surface area contributed by atoms with Crippen LogP contribution in [0.5, 0.6) is 5.75 Å². The van der Waals surface area contributed by atoms with Crippen LogP contribution in [0, 0.1) is 10.1 Å². The van der Waals surface area contributed by atoms with Crippen molar-refractivity contribution in [2.45, 2.75) is 18.3 Å². The minimum absolute atomic E-state index is 0.433. The molecule has 0 saturated carbocycles. The van der Waals surface area contributed by atoms with Crippen LogP contribution in [-0.2, 0) is 0 Å². The van der Waals surface area contributed by atoms with E-state index in [0.717, 1.165) is 0 Å². The van der Waals surface area contributed by atoms with Crippen LogP contribution in [0.4, 0.5) is 4.79 Å². The van der Waals surface area contributed by atoms with Crippen molar-refractivity contribution in [1.29, 1.82) is 0 Å². The van der Waals surface area contributed by atoms with Crippen LogP contribution < -0.4 is 15.4 Å². The van der Waals surface area contributed by atoms with E-state index in [1.165, 1.54) is 0 Å². The monoisotopic (exact) mass is 235 g/mol. The van der Waals surface area contributed by atoms with Gasteiger partial charge in [0.1, 0.15) is 11.8 Å². The summed E-state index contributed by atoms with van der Waals surface area (Å²) in [4.78, 5) is 21.9. The molecule has 2 aliphatic heterocycles. The van der Waals surface area contributed by atoms with E-state index in [1.807, 2.05) is 0 Å². The van der Waals surface area contributed by atoms with Crippen LogP contribution in [0.1, 0.15) is 11.6 Å². The highest BCUT2D eigenvalue weighted by Crippen LogP contribution is 2.36. The van der Waals surface area contributed by atoms with Crippen molar-refractivity contribution in [1.82, 2.24) is 10.6 Å². The number of nitrogens with one attached hydrogen (secondary N) is 2. The maximum Gasteiger partial charge on any atom is 0.318 e. The van der Waals surface area contributed by atoms with Gasteiger partial charge in [-0.25, -0.2) is 4.79 Å². The molecule has 88 valence electrons. The number of nitrogens with zero attached hydrogens (tertiary/aromatic N) is 1. The highest BCUT2D eigenvalue weighted by Gasteiger charge is 2.51. The van der Waals surface area contributed by atoms with Crippen LogP contribution in [0.25, 0.3) is 0 Å². The van der Waals surface area contributed by atoms with Gasteiger partial charge in [0.2, 0.25) is 6.23 Å².